The molecule has 1 heterocycles. The predicted molar refractivity (Wildman–Crippen MR) is 108 cm³/mol. The second-order valence-corrected chi connectivity index (χ2v) is 7.10. The van der Waals surface area contributed by atoms with Crippen molar-refractivity contribution < 1.29 is 0 Å². The molecule has 0 bridgehead atoms. The van der Waals surface area contributed by atoms with Crippen LogP contribution in [0.1, 0.15) is 33.2 Å². The molecule has 0 aliphatic heterocycles. The molecule has 0 fully saturated rings. The van der Waals surface area contributed by atoms with Crippen LogP contribution in [-0.4, -0.2) is 9.13 Å². The summed E-state index contributed by atoms with van der Waals surface area (Å²) in [6.45, 7) is 6.18. The van der Waals surface area contributed by atoms with Crippen LogP contribution in [0, 0.1) is 5.92 Å². The molecule has 6 heteroatoms. The Morgan fingerprint density at radius 2 is 1.48 bits per heavy atom. The van der Waals surface area contributed by atoms with E-state index in [4.69, 9.17) is 5.84 Å². The normalized spacial score (nSPS) is 13.3. The Bertz CT molecular complexity index is 1140. The molecule has 0 aliphatic rings. The van der Waals surface area contributed by atoms with Gasteiger partial charge in [0.15, 0.2) is 0 Å². The van der Waals surface area contributed by atoms with Crippen LogP contribution in [0.2, 0.25) is 0 Å². The summed E-state index contributed by atoms with van der Waals surface area (Å²) >= 11 is 0. The molecule has 0 saturated heterocycles. The zero-order chi connectivity index (χ0) is 19.6. The third-order valence-corrected chi connectivity index (χ3v) is 4.61. The summed E-state index contributed by atoms with van der Waals surface area (Å²) < 4.78 is 3.14. The lowest BCUT2D eigenvalue weighted by Crippen LogP contribution is -2.45. The molecule has 6 nitrogen and oxygen atoms in total. The van der Waals surface area contributed by atoms with Crippen LogP contribution in [-0.2, 0) is 0 Å². The smallest absolute Gasteiger partial charge is 0.289 e. The van der Waals surface area contributed by atoms with Gasteiger partial charge in [-0.25, -0.2) is 0 Å². The number of nitrogens with two attached hydrogens (primary N) is 1. The molecule has 0 spiro atoms. The van der Waals surface area contributed by atoms with Gasteiger partial charge in [-0.2, -0.15) is 5.10 Å². The van der Waals surface area contributed by atoms with Gasteiger partial charge >= 0.3 is 0 Å². The van der Waals surface area contributed by atoms with Crippen molar-refractivity contribution in [3.63, 3.8) is 0 Å². The highest BCUT2D eigenvalue weighted by Crippen LogP contribution is 2.21. The Morgan fingerprint density at radius 3 is 2.07 bits per heavy atom. The van der Waals surface area contributed by atoms with Gasteiger partial charge in [-0.1, -0.05) is 44.2 Å². The number of fused-ring (bicyclic) bond motifs is 1. The second kappa shape index (κ2) is 7.61. The Balaban J connectivity index is 2.58. The molecule has 140 valence electrons. The third-order valence-electron chi connectivity index (χ3n) is 4.61. The van der Waals surface area contributed by atoms with Gasteiger partial charge in [-0.15, -0.1) is 0 Å². The molecule has 0 amide bonds. The summed E-state index contributed by atoms with van der Waals surface area (Å²) in [6, 6.07) is 16.5. The fraction of sp³-hybridized carbons (Fsp3) is 0.286. The number of nitrogens with zero attached hydrogens (tertiary/aromatic N) is 3. The summed E-state index contributed by atoms with van der Waals surface area (Å²) in [5, 5.41) is 3.30. The van der Waals surface area contributed by atoms with E-state index in [0.717, 1.165) is 6.42 Å². The van der Waals surface area contributed by atoms with Gasteiger partial charge in [0.2, 0.25) is 5.36 Å². The number of para-hydroxylation sites is 3. The van der Waals surface area contributed by atoms with Gasteiger partial charge in [0.05, 0.1) is 11.0 Å². The highest BCUT2D eigenvalue weighted by molar-refractivity contribution is 5.76. The summed E-state index contributed by atoms with van der Waals surface area (Å²) in [6.07, 6.45) is 0.789. The highest BCUT2D eigenvalue weighted by atomic mass is 16.1. The first kappa shape index (κ1) is 18.6. The average molecular weight is 364 g/mol. The lowest BCUT2D eigenvalue weighted by molar-refractivity contribution is 0.428. The Hall–Kier alpha value is -3.15. The SMILES string of the molecule is CC(C)CC(C)n1c(=O)c(=NN)c(=O)n(-c2ccccc2)c2ccccc21. The van der Waals surface area contributed by atoms with Crippen molar-refractivity contribution in [1.29, 1.82) is 0 Å². The molecule has 27 heavy (non-hydrogen) atoms. The van der Waals surface area contributed by atoms with Gasteiger partial charge in [0.25, 0.3) is 11.1 Å². The fourth-order valence-electron chi connectivity index (χ4n) is 3.56. The van der Waals surface area contributed by atoms with Crippen molar-refractivity contribution in [2.45, 2.75) is 33.2 Å². The van der Waals surface area contributed by atoms with E-state index in [1.54, 1.807) is 4.57 Å². The van der Waals surface area contributed by atoms with Crippen molar-refractivity contribution in [1.82, 2.24) is 9.13 Å². The second-order valence-electron chi connectivity index (χ2n) is 7.10. The topological polar surface area (TPSA) is 82.4 Å². The van der Waals surface area contributed by atoms with Gasteiger partial charge in [0.1, 0.15) is 0 Å². The minimum absolute atomic E-state index is 0.112. The van der Waals surface area contributed by atoms with Crippen molar-refractivity contribution in [2.24, 2.45) is 16.9 Å². The number of aromatic nitrogens is 2. The fourth-order valence-corrected chi connectivity index (χ4v) is 3.56. The quantitative estimate of drug-likeness (QED) is 0.570. The van der Waals surface area contributed by atoms with Gasteiger partial charge in [0, 0.05) is 11.7 Å². The molecule has 0 saturated carbocycles. The van der Waals surface area contributed by atoms with Crippen LogP contribution in [0.15, 0.2) is 69.3 Å². The van der Waals surface area contributed by atoms with E-state index in [0.29, 0.717) is 22.6 Å². The van der Waals surface area contributed by atoms with E-state index in [1.165, 1.54) is 4.57 Å². The monoisotopic (exact) mass is 364 g/mol. The molecule has 3 aromatic rings. The van der Waals surface area contributed by atoms with E-state index >= 15 is 0 Å². The molecule has 1 atom stereocenters. The van der Waals surface area contributed by atoms with E-state index in [2.05, 4.69) is 18.9 Å². The molecule has 1 unspecified atom stereocenters. The molecule has 1 aromatic heterocycles. The Labute approximate surface area is 157 Å². The molecular weight excluding hydrogens is 340 g/mol. The zero-order valence-corrected chi connectivity index (χ0v) is 15.8. The molecule has 3 rings (SSSR count). The molecule has 2 aromatic carbocycles. The maximum absolute atomic E-state index is 13.2. The van der Waals surface area contributed by atoms with Gasteiger partial charge < -0.3 is 10.4 Å². The summed E-state index contributed by atoms with van der Waals surface area (Å²) in [7, 11) is 0. The first-order valence-corrected chi connectivity index (χ1v) is 9.05. The minimum Gasteiger partial charge on any atom is -0.322 e. The molecular formula is C21H24N4O2. The van der Waals surface area contributed by atoms with Crippen LogP contribution in [0.5, 0.6) is 0 Å². The number of hydrogen-bond donors (Lipinski definition) is 1. The zero-order valence-electron chi connectivity index (χ0n) is 15.8. The standard InChI is InChI=1S/C21H24N4O2/c1-14(2)13-15(3)24-17-11-7-8-12-18(17)25(16-9-5-4-6-10-16)21(27)19(23-22)20(24)26/h4-12,14-15H,13,22H2,1-3H3. The van der Waals surface area contributed by atoms with Crippen LogP contribution in [0.4, 0.5) is 0 Å². The lowest BCUT2D eigenvalue weighted by atomic mass is 10.0. The molecule has 0 aliphatic carbocycles. The van der Waals surface area contributed by atoms with Crippen LogP contribution < -0.4 is 22.3 Å². The van der Waals surface area contributed by atoms with E-state index in [9.17, 15) is 9.59 Å². The first-order valence-electron chi connectivity index (χ1n) is 9.05. The van der Waals surface area contributed by atoms with Crippen molar-refractivity contribution in [2.75, 3.05) is 0 Å². The largest absolute Gasteiger partial charge is 0.322 e. The third kappa shape index (κ3) is 3.43. The number of hydrogen-bond acceptors (Lipinski definition) is 4. The first-order chi connectivity index (χ1) is 13.0. The maximum Gasteiger partial charge on any atom is 0.289 e. The lowest BCUT2D eigenvalue weighted by Gasteiger charge is -2.18. The summed E-state index contributed by atoms with van der Waals surface area (Å²) in [5.74, 6) is 5.88. The summed E-state index contributed by atoms with van der Waals surface area (Å²) in [5.41, 5.74) is 0.965. The van der Waals surface area contributed by atoms with Gasteiger partial charge in [-0.3, -0.25) is 14.2 Å². The predicted octanol–water partition coefficient (Wildman–Crippen LogP) is 2.53. The summed E-state index contributed by atoms with van der Waals surface area (Å²) in [4.78, 5) is 26.4. The van der Waals surface area contributed by atoms with Crippen molar-refractivity contribution in [3.8, 4) is 5.69 Å². The van der Waals surface area contributed by atoms with Crippen LogP contribution in [0.25, 0.3) is 16.7 Å². The highest BCUT2D eigenvalue weighted by Gasteiger charge is 2.17. The van der Waals surface area contributed by atoms with E-state index in [1.807, 2.05) is 61.5 Å². The van der Waals surface area contributed by atoms with Crippen LogP contribution in [0.3, 0.4) is 0 Å². The average Bonchev–Trinajstić information content (AvgIpc) is 2.73. The minimum atomic E-state index is -0.527. The van der Waals surface area contributed by atoms with Gasteiger partial charge in [-0.05, 0) is 43.5 Å². The number of benzene rings is 2. The molecule has 2 N–H and O–H groups in total. The van der Waals surface area contributed by atoms with E-state index < -0.39 is 11.1 Å². The van der Waals surface area contributed by atoms with E-state index in [-0.39, 0.29) is 11.4 Å². The Kier molecular flexibility index (Phi) is 5.26. The van der Waals surface area contributed by atoms with Crippen molar-refractivity contribution in [3.05, 3.63) is 80.7 Å². The number of rotatable bonds is 4. The van der Waals surface area contributed by atoms with Crippen LogP contribution >= 0.6 is 0 Å². The van der Waals surface area contributed by atoms with Crippen molar-refractivity contribution >= 4 is 11.0 Å². The molecule has 0 radical (unpaired) electrons. The maximum atomic E-state index is 13.2. The Morgan fingerprint density at radius 1 is 0.889 bits per heavy atom.